The molecule has 0 aliphatic carbocycles. The second-order valence-corrected chi connectivity index (χ2v) is 4.09. The van der Waals surface area contributed by atoms with Crippen molar-refractivity contribution in [2.45, 2.75) is 6.10 Å². The SMILES string of the molecule is O=C(O)C(Oc1cccs1)c1ccccc1. The highest BCUT2D eigenvalue weighted by Crippen LogP contribution is 2.26. The van der Waals surface area contributed by atoms with E-state index in [9.17, 15) is 4.79 Å². The lowest BCUT2D eigenvalue weighted by Crippen LogP contribution is -2.17. The number of hydrogen-bond donors (Lipinski definition) is 1. The summed E-state index contributed by atoms with van der Waals surface area (Å²) in [5, 5.41) is 11.6. The Balaban J connectivity index is 2.22. The van der Waals surface area contributed by atoms with Crippen LogP contribution in [0.3, 0.4) is 0 Å². The number of ether oxygens (including phenoxy) is 1. The number of rotatable bonds is 4. The van der Waals surface area contributed by atoms with Crippen LogP contribution in [0, 0.1) is 0 Å². The maximum atomic E-state index is 11.1. The summed E-state index contributed by atoms with van der Waals surface area (Å²) in [5.41, 5.74) is 0.642. The molecule has 0 spiro atoms. The number of carboxylic acid groups (broad SMARTS) is 1. The summed E-state index contributed by atoms with van der Waals surface area (Å²) in [6, 6.07) is 12.5. The summed E-state index contributed by atoms with van der Waals surface area (Å²) in [6.45, 7) is 0. The summed E-state index contributed by atoms with van der Waals surface area (Å²) in [7, 11) is 0. The zero-order chi connectivity index (χ0) is 11.4. The van der Waals surface area contributed by atoms with Gasteiger partial charge in [-0.05, 0) is 17.5 Å². The fourth-order valence-electron chi connectivity index (χ4n) is 1.34. The van der Waals surface area contributed by atoms with Crippen molar-refractivity contribution in [3.63, 3.8) is 0 Å². The van der Waals surface area contributed by atoms with E-state index in [0.29, 0.717) is 10.6 Å². The highest BCUT2D eigenvalue weighted by atomic mass is 32.1. The molecule has 16 heavy (non-hydrogen) atoms. The lowest BCUT2D eigenvalue weighted by molar-refractivity contribution is -0.145. The fraction of sp³-hybridized carbons (Fsp3) is 0.0833. The molecule has 2 rings (SSSR count). The molecule has 0 radical (unpaired) electrons. The van der Waals surface area contributed by atoms with E-state index in [-0.39, 0.29) is 0 Å². The van der Waals surface area contributed by atoms with Crippen molar-refractivity contribution in [1.82, 2.24) is 0 Å². The van der Waals surface area contributed by atoms with E-state index in [0.717, 1.165) is 0 Å². The largest absolute Gasteiger partial charge is 0.478 e. The van der Waals surface area contributed by atoms with Gasteiger partial charge in [0, 0.05) is 5.56 Å². The van der Waals surface area contributed by atoms with Gasteiger partial charge in [-0.1, -0.05) is 30.3 Å². The molecule has 1 unspecified atom stereocenters. The topological polar surface area (TPSA) is 46.5 Å². The Morgan fingerprint density at radius 1 is 1.19 bits per heavy atom. The van der Waals surface area contributed by atoms with Crippen LogP contribution in [0.2, 0.25) is 0 Å². The number of aliphatic carboxylic acids is 1. The van der Waals surface area contributed by atoms with Crippen molar-refractivity contribution in [1.29, 1.82) is 0 Å². The van der Waals surface area contributed by atoms with Crippen LogP contribution in [-0.4, -0.2) is 11.1 Å². The van der Waals surface area contributed by atoms with Crippen molar-refractivity contribution in [3.8, 4) is 5.06 Å². The summed E-state index contributed by atoms with van der Waals surface area (Å²) in [6.07, 6.45) is -0.945. The van der Waals surface area contributed by atoms with E-state index in [1.54, 1.807) is 30.3 Å². The molecule has 1 aromatic heterocycles. The fourth-order valence-corrected chi connectivity index (χ4v) is 1.94. The van der Waals surface area contributed by atoms with Crippen LogP contribution >= 0.6 is 11.3 Å². The monoisotopic (exact) mass is 234 g/mol. The first-order chi connectivity index (χ1) is 7.77. The molecule has 1 aromatic carbocycles. The average Bonchev–Trinajstić information content (AvgIpc) is 2.79. The average molecular weight is 234 g/mol. The molecule has 1 N–H and O–H groups in total. The quantitative estimate of drug-likeness (QED) is 0.884. The van der Waals surface area contributed by atoms with Gasteiger partial charge in [-0.2, -0.15) is 0 Å². The Kier molecular flexibility index (Phi) is 3.22. The van der Waals surface area contributed by atoms with E-state index >= 15 is 0 Å². The smallest absolute Gasteiger partial charge is 0.349 e. The van der Waals surface area contributed by atoms with Crippen molar-refractivity contribution >= 4 is 17.3 Å². The van der Waals surface area contributed by atoms with Gasteiger partial charge in [-0.15, -0.1) is 11.3 Å². The number of carbonyl (C=O) groups is 1. The molecule has 0 amide bonds. The van der Waals surface area contributed by atoms with Gasteiger partial charge < -0.3 is 9.84 Å². The van der Waals surface area contributed by atoms with E-state index in [2.05, 4.69) is 0 Å². The van der Waals surface area contributed by atoms with Gasteiger partial charge in [0.05, 0.1) is 0 Å². The van der Waals surface area contributed by atoms with Crippen LogP contribution in [0.15, 0.2) is 47.8 Å². The normalized spacial score (nSPS) is 12.0. The maximum absolute atomic E-state index is 11.1. The van der Waals surface area contributed by atoms with Crippen LogP contribution in [-0.2, 0) is 4.79 Å². The lowest BCUT2D eigenvalue weighted by atomic mass is 10.1. The second-order valence-electron chi connectivity index (χ2n) is 3.18. The second kappa shape index (κ2) is 4.81. The van der Waals surface area contributed by atoms with Crippen LogP contribution in [0.25, 0.3) is 0 Å². The summed E-state index contributed by atoms with van der Waals surface area (Å²) >= 11 is 1.38. The van der Waals surface area contributed by atoms with Crippen LogP contribution in [0.4, 0.5) is 0 Å². The lowest BCUT2D eigenvalue weighted by Gasteiger charge is -2.13. The van der Waals surface area contributed by atoms with Crippen molar-refractivity contribution < 1.29 is 14.6 Å². The Morgan fingerprint density at radius 2 is 1.94 bits per heavy atom. The van der Waals surface area contributed by atoms with Gasteiger partial charge in [0.15, 0.2) is 5.06 Å². The zero-order valence-corrected chi connectivity index (χ0v) is 9.18. The zero-order valence-electron chi connectivity index (χ0n) is 8.37. The molecule has 0 bridgehead atoms. The Morgan fingerprint density at radius 3 is 2.50 bits per heavy atom. The Labute approximate surface area is 96.9 Å². The molecular weight excluding hydrogens is 224 g/mol. The summed E-state index contributed by atoms with van der Waals surface area (Å²) < 4.78 is 5.42. The third-order valence-electron chi connectivity index (χ3n) is 2.06. The molecule has 1 heterocycles. The van der Waals surface area contributed by atoms with E-state index in [1.807, 2.05) is 17.5 Å². The molecule has 0 aliphatic heterocycles. The number of hydrogen-bond acceptors (Lipinski definition) is 3. The minimum Gasteiger partial charge on any atom is -0.478 e. The summed E-state index contributed by atoms with van der Waals surface area (Å²) in [4.78, 5) is 11.1. The van der Waals surface area contributed by atoms with E-state index < -0.39 is 12.1 Å². The molecule has 82 valence electrons. The first-order valence-electron chi connectivity index (χ1n) is 4.75. The van der Waals surface area contributed by atoms with Gasteiger partial charge in [0.2, 0.25) is 6.10 Å². The van der Waals surface area contributed by atoms with E-state index in [1.165, 1.54) is 11.3 Å². The predicted molar refractivity (Wildman–Crippen MR) is 61.8 cm³/mol. The Bertz CT molecular complexity index is 450. The van der Waals surface area contributed by atoms with Crippen molar-refractivity contribution in [2.24, 2.45) is 0 Å². The molecule has 0 saturated carbocycles. The van der Waals surface area contributed by atoms with Gasteiger partial charge in [-0.25, -0.2) is 4.79 Å². The standard InChI is InChI=1S/C12H10O3S/c13-12(14)11(9-5-2-1-3-6-9)15-10-7-4-8-16-10/h1-8,11H,(H,13,14). The third kappa shape index (κ3) is 2.41. The molecule has 2 aromatic rings. The molecule has 1 atom stereocenters. The molecule has 4 heteroatoms. The molecule has 0 saturated heterocycles. The van der Waals surface area contributed by atoms with Crippen LogP contribution in [0.5, 0.6) is 5.06 Å². The molecule has 0 fully saturated rings. The van der Waals surface area contributed by atoms with Gasteiger partial charge in [0.1, 0.15) is 0 Å². The van der Waals surface area contributed by atoms with Gasteiger partial charge in [0.25, 0.3) is 0 Å². The van der Waals surface area contributed by atoms with Gasteiger partial charge in [-0.3, -0.25) is 0 Å². The first kappa shape index (κ1) is 10.7. The van der Waals surface area contributed by atoms with Gasteiger partial charge >= 0.3 is 5.97 Å². The van der Waals surface area contributed by atoms with Crippen LogP contribution in [0.1, 0.15) is 11.7 Å². The highest BCUT2D eigenvalue weighted by molar-refractivity contribution is 7.11. The highest BCUT2D eigenvalue weighted by Gasteiger charge is 2.21. The Hall–Kier alpha value is -1.81. The molecular formula is C12H10O3S. The number of thiophene rings is 1. The third-order valence-corrected chi connectivity index (χ3v) is 2.81. The molecule has 0 aliphatic rings. The number of benzene rings is 1. The first-order valence-corrected chi connectivity index (χ1v) is 5.63. The maximum Gasteiger partial charge on any atom is 0.349 e. The minimum atomic E-state index is -0.986. The summed E-state index contributed by atoms with van der Waals surface area (Å²) in [5.74, 6) is -0.986. The van der Waals surface area contributed by atoms with Crippen molar-refractivity contribution in [2.75, 3.05) is 0 Å². The molecule has 3 nitrogen and oxygen atoms in total. The van der Waals surface area contributed by atoms with Crippen LogP contribution < -0.4 is 4.74 Å². The minimum absolute atomic E-state index is 0.608. The van der Waals surface area contributed by atoms with Crippen molar-refractivity contribution in [3.05, 3.63) is 53.4 Å². The predicted octanol–water partition coefficient (Wildman–Crippen LogP) is 2.95. The van der Waals surface area contributed by atoms with E-state index in [4.69, 9.17) is 9.84 Å². The number of carboxylic acids is 1.